The van der Waals surface area contributed by atoms with Gasteiger partial charge < -0.3 is 4.74 Å². The van der Waals surface area contributed by atoms with Gasteiger partial charge in [-0.15, -0.1) is 0 Å². The van der Waals surface area contributed by atoms with Crippen LogP contribution in [-0.2, 0) is 20.5 Å². The molecule has 0 saturated heterocycles. The maximum atomic E-state index is 14.1. The standard InChI is InChI=1S/C19H13BrCl2F3NO3/c1-28-17(27)15-3-2-10(4-11(15)9-20)16-8-18(29-26-16,19(23,24)25)12-5-13(21)7-14(22)6-12/h2-8,26H,9H2,1H3. The maximum absolute atomic E-state index is 14.1. The number of carbonyl (C=O) groups is 1. The smallest absolute Gasteiger partial charge is 0.428 e. The average molecular weight is 511 g/mol. The highest BCUT2D eigenvalue weighted by atomic mass is 79.9. The van der Waals surface area contributed by atoms with Crippen LogP contribution in [0.1, 0.15) is 27.0 Å². The van der Waals surface area contributed by atoms with Crippen molar-refractivity contribution in [2.75, 3.05) is 7.11 Å². The third kappa shape index (κ3) is 4.12. The minimum atomic E-state index is -4.81. The summed E-state index contributed by atoms with van der Waals surface area (Å²) in [4.78, 5) is 16.9. The van der Waals surface area contributed by atoms with Gasteiger partial charge in [-0.1, -0.05) is 45.2 Å². The molecule has 0 amide bonds. The SMILES string of the molecule is COC(=O)c1ccc(C2=CC(c3cc(Cl)cc(Cl)c3)(C(F)(F)F)ON2)cc1CBr. The van der Waals surface area contributed by atoms with E-state index in [-0.39, 0.29) is 21.3 Å². The van der Waals surface area contributed by atoms with Gasteiger partial charge in [0, 0.05) is 26.5 Å². The number of halogens is 6. The van der Waals surface area contributed by atoms with Crippen molar-refractivity contribution in [3.63, 3.8) is 0 Å². The number of methoxy groups -OCH3 is 1. The van der Waals surface area contributed by atoms with Gasteiger partial charge >= 0.3 is 12.1 Å². The lowest BCUT2D eigenvalue weighted by atomic mass is 9.91. The van der Waals surface area contributed by atoms with Crippen LogP contribution in [-0.4, -0.2) is 19.3 Å². The summed E-state index contributed by atoms with van der Waals surface area (Å²) in [6.45, 7) is 0. The zero-order valence-electron chi connectivity index (χ0n) is 14.7. The summed E-state index contributed by atoms with van der Waals surface area (Å²) in [7, 11) is 1.25. The van der Waals surface area contributed by atoms with Crippen molar-refractivity contribution >= 4 is 50.8 Å². The summed E-state index contributed by atoms with van der Waals surface area (Å²) < 4.78 is 46.9. The molecule has 154 valence electrons. The van der Waals surface area contributed by atoms with Crippen molar-refractivity contribution in [1.82, 2.24) is 5.48 Å². The van der Waals surface area contributed by atoms with Crippen molar-refractivity contribution in [2.45, 2.75) is 17.1 Å². The average Bonchev–Trinajstić information content (AvgIpc) is 3.13. The molecular weight excluding hydrogens is 498 g/mol. The fraction of sp³-hybridized carbons (Fsp3) is 0.211. The molecule has 1 aliphatic heterocycles. The fourth-order valence-corrected chi connectivity index (χ4v) is 3.92. The number of hydroxylamine groups is 1. The van der Waals surface area contributed by atoms with Crippen molar-refractivity contribution in [2.24, 2.45) is 0 Å². The van der Waals surface area contributed by atoms with Gasteiger partial charge in [-0.2, -0.15) is 13.2 Å². The third-order valence-corrected chi connectivity index (χ3v) is 5.39. The summed E-state index contributed by atoms with van der Waals surface area (Å²) in [5.41, 5.74) is 0.619. The number of alkyl halides is 4. The normalized spacial score (nSPS) is 18.9. The number of benzene rings is 2. The first-order chi connectivity index (χ1) is 13.6. The molecule has 0 fully saturated rings. The number of ether oxygens (including phenoxy) is 1. The number of hydrogen-bond acceptors (Lipinski definition) is 4. The Kier molecular flexibility index (Phi) is 6.19. The third-order valence-electron chi connectivity index (χ3n) is 4.35. The van der Waals surface area contributed by atoms with E-state index in [1.807, 2.05) is 0 Å². The van der Waals surface area contributed by atoms with E-state index in [0.717, 1.165) is 18.2 Å². The van der Waals surface area contributed by atoms with E-state index < -0.39 is 17.7 Å². The molecule has 3 rings (SSSR count). The molecular formula is C19H13BrCl2F3NO3. The molecule has 2 aromatic rings. The van der Waals surface area contributed by atoms with Crippen LogP contribution in [0.2, 0.25) is 10.0 Å². The van der Waals surface area contributed by atoms with Gasteiger partial charge in [0.2, 0.25) is 5.60 Å². The molecule has 1 aliphatic rings. The summed E-state index contributed by atoms with van der Waals surface area (Å²) in [5.74, 6) is -0.547. The molecule has 0 aromatic heterocycles. The van der Waals surface area contributed by atoms with Gasteiger partial charge in [0.15, 0.2) is 0 Å². The molecule has 4 nitrogen and oxygen atoms in total. The topological polar surface area (TPSA) is 47.6 Å². The predicted octanol–water partition coefficient (Wildman–Crippen LogP) is 6.01. The second-order valence-corrected chi connectivity index (χ2v) is 7.58. The molecule has 29 heavy (non-hydrogen) atoms. The number of hydrogen-bond donors (Lipinski definition) is 1. The Labute approximate surface area is 182 Å². The van der Waals surface area contributed by atoms with Crippen LogP contribution in [0.5, 0.6) is 0 Å². The zero-order valence-corrected chi connectivity index (χ0v) is 17.8. The van der Waals surface area contributed by atoms with Crippen LogP contribution in [0.4, 0.5) is 13.2 Å². The van der Waals surface area contributed by atoms with Crippen LogP contribution in [0.15, 0.2) is 42.5 Å². The summed E-state index contributed by atoms with van der Waals surface area (Å²) in [6, 6.07) is 8.17. The van der Waals surface area contributed by atoms with Gasteiger partial charge in [0.25, 0.3) is 0 Å². The number of rotatable bonds is 4. The minimum Gasteiger partial charge on any atom is -0.465 e. The molecule has 0 aliphatic carbocycles. The second kappa shape index (κ2) is 8.18. The van der Waals surface area contributed by atoms with Gasteiger partial charge in [-0.25, -0.2) is 4.79 Å². The Morgan fingerprint density at radius 1 is 1.21 bits per heavy atom. The first kappa shape index (κ1) is 22.0. The summed E-state index contributed by atoms with van der Waals surface area (Å²) in [5, 5.41) is 0.393. The molecule has 10 heteroatoms. The van der Waals surface area contributed by atoms with Gasteiger partial charge in [-0.3, -0.25) is 10.3 Å². The van der Waals surface area contributed by atoms with E-state index in [1.54, 1.807) is 6.07 Å². The molecule has 1 unspecified atom stereocenters. The van der Waals surface area contributed by atoms with Crippen LogP contribution < -0.4 is 5.48 Å². The molecule has 1 N–H and O–H groups in total. The molecule has 0 spiro atoms. The monoisotopic (exact) mass is 509 g/mol. The van der Waals surface area contributed by atoms with E-state index in [4.69, 9.17) is 32.8 Å². The number of carbonyl (C=O) groups excluding carboxylic acids is 1. The largest absolute Gasteiger partial charge is 0.465 e. The predicted molar refractivity (Wildman–Crippen MR) is 107 cm³/mol. The first-order valence-corrected chi connectivity index (χ1v) is 9.97. The quantitative estimate of drug-likeness (QED) is 0.404. The van der Waals surface area contributed by atoms with Crippen molar-refractivity contribution in [3.05, 3.63) is 74.8 Å². The lowest BCUT2D eigenvalue weighted by Gasteiger charge is -2.28. The fourth-order valence-electron chi connectivity index (χ4n) is 2.93. The highest BCUT2D eigenvalue weighted by Gasteiger charge is 2.59. The van der Waals surface area contributed by atoms with E-state index in [1.165, 1.54) is 25.3 Å². The molecule has 0 bridgehead atoms. The van der Waals surface area contributed by atoms with Crippen molar-refractivity contribution < 1.29 is 27.5 Å². The molecule has 1 atom stereocenters. The Bertz CT molecular complexity index is 977. The summed E-state index contributed by atoms with van der Waals surface area (Å²) >= 11 is 15.1. The van der Waals surface area contributed by atoms with E-state index in [2.05, 4.69) is 21.4 Å². The van der Waals surface area contributed by atoms with Crippen molar-refractivity contribution in [1.29, 1.82) is 0 Å². The summed E-state index contributed by atoms with van der Waals surface area (Å²) in [6.07, 6.45) is -3.89. The van der Waals surface area contributed by atoms with Gasteiger partial charge in [-0.05, 0) is 42.0 Å². The lowest BCUT2D eigenvalue weighted by molar-refractivity contribution is -0.269. The second-order valence-electron chi connectivity index (χ2n) is 6.15. The Balaban J connectivity index is 2.11. The van der Waals surface area contributed by atoms with Crippen LogP contribution in [0.3, 0.4) is 0 Å². The van der Waals surface area contributed by atoms with Crippen LogP contribution in [0.25, 0.3) is 5.70 Å². The molecule has 2 aromatic carbocycles. The van der Waals surface area contributed by atoms with E-state index in [9.17, 15) is 18.0 Å². The van der Waals surface area contributed by atoms with Crippen LogP contribution in [0, 0.1) is 0 Å². The van der Waals surface area contributed by atoms with E-state index in [0.29, 0.717) is 22.0 Å². The van der Waals surface area contributed by atoms with Gasteiger partial charge in [0.1, 0.15) is 0 Å². The van der Waals surface area contributed by atoms with E-state index >= 15 is 0 Å². The highest BCUT2D eigenvalue weighted by molar-refractivity contribution is 9.08. The molecule has 0 saturated carbocycles. The first-order valence-electron chi connectivity index (χ1n) is 8.09. The Morgan fingerprint density at radius 3 is 2.41 bits per heavy atom. The highest BCUT2D eigenvalue weighted by Crippen LogP contribution is 2.48. The number of nitrogens with one attached hydrogen (secondary N) is 1. The zero-order chi connectivity index (χ0) is 21.4. The lowest BCUT2D eigenvalue weighted by Crippen LogP contribution is -2.42. The van der Waals surface area contributed by atoms with Crippen molar-refractivity contribution in [3.8, 4) is 0 Å². The Morgan fingerprint density at radius 2 is 1.86 bits per heavy atom. The van der Waals surface area contributed by atoms with Gasteiger partial charge in [0.05, 0.1) is 18.4 Å². The number of esters is 1. The minimum absolute atomic E-state index is 0.0468. The Hall–Kier alpha value is -1.74. The maximum Gasteiger partial charge on any atom is 0.428 e. The molecule has 1 heterocycles. The molecule has 0 radical (unpaired) electrons. The van der Waals surface area contributed by atoms with Crippen LogP contribution >= 0.6 is 39.1 Å².